The van der Waals surface area contributed by atoms with Crippen LogP contribution in [0, 0.1) is 0 Å². The molecule has 0 spiro atoms. The molecule has 0 rings (SSSR count). The van der Waals surface area contributed by atoms with Gasteiger partial charge in [0.2, 0.25) is 0 Å². The SMILES string of the molecule is C=C(CC)CC(=O)O. The third kappa shape index (κ3) is 3.40. The maximum Gasteiger partial charge on any atom is 0.307 e. The standard InChI is InChI=1S/C6H10O2/c1-3-5(2)4-6(7)8/h2-4H2,1H3,(H,7,8). The van der Waals surface area contributed by atoms with E-state index in [2.05, 4.69) is 6.58 Å². The van der Waals surface area contributed by atoms with Crippen LogP contribution in [-0.2, 0) is 4.79 Å². The molecular formula is C6H10O2. The molecule has 8 heavy (non-hydrogen) atoms. The molecule has 0 aliphatic rings. The molecule has 0 fully saturated rings. The van der Waals surface area contributed by atoms with Gasteiger partial charge in [0.05, 0.1) is 6.42 Å². The van der Waals surface area contributed by atoms with Gasteiger partial charge in [-0.15, -0.1) is 0 Å². The van der Waals surface area contributed by atoms with Gasteiger partial charge >= 0.3 is 5.97 Å². The van der Waals surface area contributed by atoms with E-state index in [9.17, 15) is 4.79 Å². The first-order valence-corrected chi connectivity index (χ1v) is 2.55. The summed E-state index contributed by atoms with van der Waals surface area (Å²) in [5.74, 6) is -0.795. The summed E-state index contributed by atoms with van der Waals surface area (Å²) in [6.07, 6.45) is 0.864. The lowest BCUT2D eigenvalue weighted by molar-refractivity contribution is -0.136. The Morgan fingerprint density at radius 2 is 2.25 bits per heavy atom. The predicted octanol–water partition coefficient (Wildman–Crippen LogP) is 1.43. The average Bonchev–Trinajstić information content (AvgIpc) is 1.65. The topological polar surface area (TPSA) is 37.3 Å². The molecule has 0 aliphatic heterocycles. The zero-order chi connectivity index (χ0) is 6.57. The van der Waals surface area contributed by atoms with Gasteiger partial charge in [0.1, 0.15) is 0 Å². The van der Waals surface area contributed by atoms with Gasteiger partial charge < -0.3 is 5.11 Å². The minimum atomic E-state index is -0.795. The molecule has 0 aromatic heterocycles. The van der Waals surface area contributed by atoms with E-state index in [-0.39, 0.29) is 6.42 Å². The highest BCUT2D eigenvalue weighted by atomic mass is 16.4. The van der Waals surface area contributed by atoms with Crippen LogP contribution in [0.15, 0.2) is 12.2 Å². The first kappa shape index (κ1) is 7.21. The number of carboxylic acid groups (broad SMARTS) is 1. The first-order chi connectivity index (χ1) is 3.66. The normalized spacial score (nSPS) is 8.62. The van der Waals surface area contributed by atoms with Crippen molar-refractivity contribution in [1.82, 2.24) is 0 Å². The minimum Gasteiger partial charge on any atom is -0.481 e. The molecular weight excluding hydrogens is 104 g/mol. The summed E-state index contributed by atoms with van der Waals surface area (Å²) in [4.78, 5) is 9.91. The lowest BCUT2D eigenvalue weighted by Crippen LogP contribution is -1.94. The molecule has 0 unspecified atom stereocenters. The summed E-state index contributed by atoms with van der Waals surface area (Å²) in [5, 5.41) is 8.15. The minimum absolute atomic E-state index is 0.108. The summed E-state index contributed by atoms with van der Waals surface area (Å²) in [7, 11) is 0. The van der Waals surface area contributed by atoms with E-state index >= 15 is 0 Å². The third-order valence-electron chi connectivity index (χ3n) is 0.901. The maximum atomic E-state index is 9.91. The van der Waals surface area contributed by atoms with Gasteiger partial charge in [0.15, 0.2) is 0 Å². The summed E-state index contributed by atoms with van der Waals surface area (Å²) in [6, 6.07) is 0. The van der Waals surface area contributed by atoms with Gasteiger partial charge in [0.25, 0.3) is 0 Å². The van der Waals surface area contributed by atoms with Gasteiger partial charge in [0, 0.05) is 0 Å². The third-order valence-corrected chi connectivity index (χ3v) is 0.901. The van der Waals surface area contributed by atoms with E-state index in [1.165, 1.54) is 0 Å². The highest BCUT2D eigenvalue weighted by Crippen LogP contribution is 2.00. The molecule has 46 valence electrons. The Balaban J connectivity index is 3.40. The molecule has 0 aromatic rings. The molecule has 0 aromatic carbocycles. The molecule has 0 saturated heterocycles. The van der Waals surface area contributed by atoms with Crippen LogP contribution in [0.4, 0.5) is 0 Å². The number of carbonyl (C=O) groups is 1. The van der Waals surface area contributed by atoms with E-state index in [1.54, 1.807) is 0 Å². The fourth-order valence-corrected chi connectivity index (χ4v) is 0.339. The average molecular weight is 114 g/mol. The smallest absolute Gasteiger partial charge is 0.307 e. The van der Waals surface area contributed by atoms with Crippen LogP contribution >= 0.6 is 0 Å². The van der Waals surface area contributed by atoms with E-state index < -0.39 is 5.97 Å². The molecule has 0 amide bonds. The van der Waals surface area contributed by atoms with Crippen LogP contribution in [-0.4, -0.2) is 11.1 Å². The van der Waals surface area contributed by atoms with Gasteiger partial charge in [-0.1, -0.05) is 19.1 Å². The molecule has 2 heteroatoms. The summed E-state index contributed by atoms with van der Waals surface area (Å²) in [6.45, 7) is 5.43. The Labute approximate surface area is 48.8 Å². The van der Waals surface area contributed by atoms with Crippen LogP contribution in [0.2, 0.25) is 0 Å². The number of carboxylic acids is 1. The van der Waals surface area contributed by atoms with Crippen molar-refractivity contribution in [2.24, 2.45) is 0 Å². The number of rotatable bonds is 3. The number of hydrogen-bond donors (Lipinski definition) is 1. The van der Waals surface area contributed by atoms with Crippen molar-refractivity contribution in [3.63, 3.8) is 0 Å². The van der Waals surface area contributed by atoms with Crippen LogP contribution in [0.25, 0.3) is 0 Å². The second-order valence-electron chi connectivity index (χ2n) is 1.67. The molecule has 0 radical (unpaired) electrons. The van der Waals surface area contributed by atoms with Crippen molar-refractivity contribution in [2.45, 2.75) is 19.8 Å². The van der Waals surface area contributed by atoms with Crippen molar-refractivity contribution in [2.75, 3.05) is 0 Å². The van der Waals surface area contributed by atoms with E-state index in [0.717, 1.165) is 12.0 Å². The maximum absolute atomic E-state index is 9.91. The lowest BCUT2D eigenvalue weighted by Gasteiger charge is -1.92. The Morgan fingerprint density at radius 1 is 1.75 bits per heavy atom. The second kappa shape index (κ2) is 3.24. The molecule has 1 N–H and O–H groups in total. The fourth-order valence-electron chi connectivity index (χ4n) is 0.339. The first-order valence-electron chi connectivity index (χ1n) is 2.55. The van der Waals surface area contributed by atoms with E-state index in [4.69, 9.17) is 5.11 Å². The van der Waals surface area contributed by atoms with Crippen LogP contribution in [0.5, 0.6) is 0 Å². The van der Waals surface area contributed by atoms with Crippen molar-refractivity contribution in [3.8, 4) is 0 Å². The molecule has 0 aliphatic carbocycles. The Morgan fingerprint density at radius 3 is 2.38 bits per heavy atom. The predicted molar refractivity (Wildman–Crippen MR) is 31.7 cm³/mol. The van der Waals surface area contributed by atoms with Crippen molar-refractivity contribution in [1.29, 1.82) is 0 Å². The zero-order valence-electron chi connectivity index (χ0n) is 4.98. The zero-order valence-corrected chi connectivity index (χ0v) is 4.98. The summed E-state index contributed by atoms with van der Waals surface area (Å²) in [5.41, 5.74) is 0.775. The van der Waals surface area contributed by atoms with Crippen molar-refractivity contribution in [3.05, 3.63) is 12.2 Å². The van der Waals surface area contributed by atoms with Gasteiger partial charge in [-0.3, -0.25) is 4.79 Å². The van der Waals surface area contributed by atoms with Crippen molar-refractivity contribution >= 4 is 5.97 Å². The highest BCUT2D eigenvalue weighted by molar-refractivity contribution is 5.69. The molecule has 0 saturated carbocycles. The van der Waals surface area contributed by atoms with Gasteiger partial charge in [-0.05, 0) is 6.42 Å². The Hall–Kier alpha value is -0.790. The Bertz CT molecular complexity index is 105. The van der Waals surface area contributed by atoms with Crippen molar-refractivity contribution < 1.29 is 9.90 Å². The molecule has 0 heterocycles. The van der Waals surface area contributed by atoms with Crippen LogP contribution in [0.1, 0.15) is 19.8 Å². The highest BCUT2D eigenvalue weighted by Gasteiger charge is 1.96. The quantitative estimate of drug-likeness (QED) is 0.563. The van der Waals surface area contributed by atoms with Gasteiger partial charge in [-0.2, -0.15) is 0 Å². The fraction of sp³-hybridized carbons (Fsp3) is 0.500. The largest absolute Gasteiger partial charge is 0.481 e. The summed E-state index contributed by atoms with van der Waals surface area (Å²) >= 11 is 0. The monoisotopic (exact) mass is 114 g/mol. The van der Waals surface area contributed by atoms with Crippen LogP contribution in [0.3, 0.4) is 0 Å². The van der Waals surface area contributed by atoms with Gasteiger partial charge in [-0.25, -0.2) is 0 Å². The van der Waals surface area contributed by atoms with E-state index in [0.29, 0.717) is 0 Å². The Kier molecular flexibility index (Phi) is 2.92. The van der Waals surface area contributed by atoms with Crippen LogP contribution < -0.4 is 0 Å². The second-order valence-corrected chi connectivity index (χ2v) is 1.67. The van der Waals surface area contributed by atoms with E-state index in [1.807, 2.05) is 6.92 Å². The number of aliphatic carboxylic acids is 1. The summed E-state index contributed by atoms with van der Waals surface area (Å²) < 4.78 is 0. The molecule has 0 atom stereocenters. The number of hydrogen-bond acceptors (Lipinski definition) is 1. The lowest BCUT2D eigenvalue weighted by atomic mass is 10.2. The molecule has 2 nitrogen and oxygen atoms in total. The molecule has 0 bridgehead atoms.